The summed E-state index contributed by atoms with van der Waals surface area (Å²) >= 11 is 0. The SMILES string of the molecule is CNS(=O)(=O)c1cc(C(=O)OCc2cc(F)ccc2OC)ccc1OC. The highest BCUT2D eigenvalue weighted by atomic mass is 32.2. The highest BCUT2D eigenvalue weighted by Gasteiger charge is 2.21. The number of ether oxygens (including phenoxy) is 3. The van der Waals surface area contributed by atoms with Crippen LogP contribution >= 0.6 is 0 Å². The fourth-order valence-electron chi connectivity index (χ4n) is 2.21. The van der Waals surface area contributed by atoms with Crippen molar-refractivity contribution in [1.29, 1.82) is 0 Å². The summed E-state index contributed by atoms with van der Waals surface area (Å²) in [5.74, 6) is -0.815. The van der Waals surface area contributed by atoms with Gasteiger partial charge in [0.25, 0.3) is 0 Å². The highest BCUT2D eigenvalue weighted by Crippen LogP contribution is 2.26. The number of carbonyl (C=O) groups excluding carboxylic acids is 1. The van der Waals surface area contributed by atoms with Crippen molar-refractivity contribution in [3.63, 3.8) is 0 Å². The van der Waals surface area contributed by atoms with Crippen molar-refractivity contribution >= 4 is 16.0 Å². The fraction of sp³-hybridized carbons (Fsp3) is 0.235. The number of carbonyl (C=O) groups is 1. The van der Waals surface area contributed by atoms with Crippen molar-refractivity contribution in [1.82, 2.24) is 4.72 Å². The van der Waals surface area contributed by atoms with Gasteiger partial charge in [-0.2, -0.15) is 0 Å². The quantitative estimate of drug-likeness (QED) is 0.737. The van der Waals surface area contributed by atoms with Gasteiger partial charge in [0, 0.05) is 5.56 Å². The van der Waals surface area contributed by atoms with Crippen LogP contribution in [0.5, 0.6) is 11.5 Å². The Labute approximate surface area is 150 Å². The first-order valence-electron chi connectivity index (χ1n) is 7.43. The van der Waals surface area contributed by atoms with Gasteiger partial charge in [0.05, 0.1) is 19.8 Å². The molecule has 0 fully saturated rings. The van der Waals surface area contributed by atoms with Gasteiger partial charge in [-0.3, -0.25) is 0 Å². The molecule has 2 aromatic rings. The third kappa shape index (κ3) is 4.30. The summed E-state index contributed by atoms with van der Waals surface area (Å²) in [5, 5.41) is 0. The van der Waals surface area contributed by atoms with Crippen LogP contribution in [0.25, 0.3) is 0 Å². The van der Waals surface area contributed by atoms with Gasteiger partial charge in [0.2, 0.25) is 10.0 Å². The average molecular weight is 383 g/mol. The Morgan fingerprint density at radius 2 is 1.73 bits per heavy atom. The normalized spacial score (nSPS) is 11.1. The molecule has 0 saturated carbocycles. The van der Waals surface area contributed by atoms with Gasteiger partial charge >= 0.3 is 5.97 Å². The maximum Gasteiger partial charge on any atom is 0.338 e. The number of hydrogen-bond acceptors (Lipinski definition) is 6. The first-order chi connectivity index (χ1) is 12.3. The molecule has 0 saturated heterocycles. The van der Waals surface area contributed by atoms with Gasteiger partial charge in [-0.1, -0.05) is 0 Å². The smallest absolute Gasteiger partial charge is 0.338 e. The largest absolute Gasteiger partial charge is 0.496 e. The maximum atomic E-state index is 13.4. The highest BCUT2D eigenvalue weighted by molar-refractivity contribution is 7.89. The van der Waals surface area contributed by atoms with Crippen molar-refractivity contribution in [3.05, 3.63) is 53.3 Å². The van der Waals surface area contributed by atoms with Crippen molar-refractivity contribution < 1.29 is 31.8 Å². The Kier molecular flexibility index (Phi) is 6.17. The Hall–Kier alpha value is -2.65. The summed E-state index contributed by atoms with van der Waals surface area (Å²) in [6, 6.07) is 7.71. The molecule has 0 bridgehead atoms. The summed E-state index contributed by atoms with van der Waals surface area (Å²) in [6.45, 7) is -0.236. The van der Waals surface area contributed by atoms with Gasteiger partial charge in [0.1, 0.15) is 28.8 Å². The van der Waals surface area contributed by atoms with E-state index in [-0.39, 0.29) is 22.8 Å². The van der Waals surface area contributed by atoms with Crippen LogP contribution in [-0.2, 0) is 21.4 Å². The van der Waals surface area contributed by atoms with Crippen LogP contribution in [-0.4, -0.2) is 35.7 Å². The van der Waals surface area contributed by atoms with E-state index < -0.39 is 21.8 Å². The molecule has 0 unspecified atom stereocenters. The van der Waals surface area contributed by atoms with Crippen molar-refractivity contribution in [2.24, 2.45) is 0 Å². The minimum Gasteiger partial charge on any atom is -0.496 e. The third-order valence-electron chi connectivity index (χ3n) is 3.56. The number of methoxy groups -OCH3 is 2. The van der Waals surface area contributed by atoms with E-state index in [0.29, 0.717) is 11.3 Å². The summed E-state index contributed by atoms with van der Waals surface area (Å²) < 4.78 is 54.9. The third-order valence-corrected chi connectivity index (χ3v) is 4.99. The number of sulfonamides is 1. The molecule has 0 aliphatic rings. The molecule has 0 radical (unpaired) electrons. The van der Waals surface area contributed by atoms with Crippen LogP contribution in [0.2, 0.25) is 0 Å². The molecule has 9 heteroatoms. The van der Waals surface area contributed by atoms with Crippen LogP contribution in [0.15, 0.2) is 41.3 Å². The monoisotopic (exact) mass is 383 g/mol. The molecular formula is C17H18FNO6S. The lowest BCUT2D eigenvalue weighted by atomic mass is 10.2. The lowest BCUT2D eigenvalue weighted by molar-refractivity contribution is 0.0469. The standard InChI is InChI=1S/C17H18FNO6S/c1-19-26(21,22)16-9-11(4-6-15(16)24-3)17(20)25-10-12-8-13(18)5-7-14(12)23-2/h4-9,19H,10H2,1-3H3. The summed E-state index contributed by atoms with van der Waals surface area (Å²) in [4.78, 5) is 12.1. The minimum atomic E-state index is -3.83. The van der Waals surface area contributed by atoms with Gasteiger partial charge in [-0.05, 0) is 43.4 Å². The van der Waals surface area contributed by atoms with E-state index >= 15 is 0 Å². The number of rotatable bonds is 7. The number of benzene rings is 2. The fourth-order valence-corrected chi connectivity index (χ4v) is 3.13. The van der Waals surface area contributed by atoms with E-state index in [9.17, 15) is 17.6 Å². The second kappa shape index (κ2) is 8.15. The van der Waals surface area contributed by atoms with Crippen LogP contribution in [0.1, 0.15) is 15.9 Å². The second-order valence-corrected chi connectivity index (χ2v) is 6.96. The van der Waals surface area contributed by atoms with E-state index in [2.05, 4.69) is 4.72 Å². The number of halogens is 1. The molecule has 0 spiro atoms. The maximum absolute atomic E-state index is 13.4. The molecule has 7 nitrogen and oxygen atoms in total. The first kappa shape index (κ1) is 19.7. The van der Waals surface area contributed by atoms with E-state index in [1.54, 1.807) is 0 Å². The number of esters is 1. The Morgan fingerprint density at radius 3 is 2.35 bits per heavy atom. The Morgan fingerprint density at radius 1 is 1.08 bits per heavy atom. The predicted octanol–water partition coefficient (Wildman–Crippen LogP) is 2.11. The molecule has 2 aromatic carbocycles. The summed E-state index contributed by atoms with van der Waals surface area (Å²) in [6.07, 6.45) is 0. The molecule has 2 rings (SSSR count). The summed E-state index contributed by atoms with van der Waals surface area (Å²) in [5.41, 5.74) is 0.354. The van der Waals surface area contributed by atoms with E-state index in [4.69, 9.17) is 14.2 Å². The topological polar surface area (TPSA) is 90.9 Å². The zero-order chi connectivity index (χ0) is 19.3. The van der Waals surface area contributed by atoms with Gasteiger partial charge in [0.15, 0.2) is 0 Å². The van der Waals surface area contributed by atoms with E-state index in [1.807, 2.05) is 0 Å². The molecule has 0 amide bonds. The van der Waals surface area contributed by atoms with Crippen LogP contribution in [0, 0.1) is 5.82 Å². The lowest BCUT2D eigenvalue weighted by Gasteiger charge is -2.12. The van der Waals surface area contributed by atoms with Gasteiger partial charge in [-0.15, -0.1) is 0 Å². The van der Waals surface area contributed by atoms with E-state index in [1.165, 1.54) is 51.6 Å². The number of nitrogens with one attached hydrogen (secondary N) is 1. The molecule has 0 aromatic heterocycles. The Bertz CT molecular complexity index is 913. The number of hydrogen-bond donors (Lipinski definition) is 1. The molecule has 1 N–H and O–H groups in total. The van der Waals surface area contributed by atoms with Gasteiger partial charge < -0.3 is 14.2 Å². The molecule has 26 heavy (non-hydrogen) atoms. The molecular weight excluding hydrogens is 365 g/mol. The Balaban J connectivity index is 2.26. The second-order valence-electron chi connectivity index (χ2n) is 5.11. The van der Waals surface area contributed by atoms with Crippen molar-refractivity contribution in [2.75, 3.05) is 21.3 Å². The average Bonchev–Trinajstić information content (AvgIpc) is 2.65. The molecule has 0 atom stereocenters. The zero-order valence-electron chi connectivity index (χ0n) is 14.4. The predicted molar refractivity (Wildman–Crippen MR) is 91.3 cm³/mol. The van der Waals surface area contributed by atoms with Crippen LogP contribution in [0.4, 0.5) is 4.39 Å². The van der Waals surface area contributed by atoms with E-state index in [0.717, 1.165) is 6.07 Å². The van der Waals surface area contributed by atoms with Crippen molar-refractivity contribution in [2.45, 2.75) is 11.5 Å². The molecule has 0 heterocycles. The summed E-state index contributed by atoms with van der Waals surface area (Å²) in [7, 11) is 0.145. The lowest BCUT2D eigenvalue weighted by Crippen LogP contribution is -2.20. The molecule has 140 valence electrons. The van der Waals surface area contributed by atoms with Gasteiger partial charge in [-0.25, -0.2) is 22.3 Å². The molecule has 0 aliphatic carbocycles. The minimum absolute atomic E-state index is 0.00925. The van der Waals surface area contributed by atoms with Crippen molar-refractivity contribution in [3.8, 4) is 11.5 Å². The van der Waals surface area contributed by atoms with Crippen LogP contribution in [0.3, 0.4) is 0 Å². The van der Waals surface area contributed by atoms with Crippen LogP contribution < -0.4 is 14.2 Å². The zero-order valence-corrected chi connectivity index (χ0v) is 15.2. The first-order valence-corrected chi connectivity index (χ1v) is 8.92. The molecule has 0 aliphatic heterocycles.